The van der Waals surface area contributed by atoms with Gasteiger partial charge < -0.3 is 4.42 Å². The predicted octanol–water partition coefficient (Wildman–Crippen LogP) is 4.21. The lowest BCUT2D eigenvalue weighted by molar-refractivity contribution is 0.572. The van der Waals surface area contributed by atoms with Crippen molar-refractivity contribution in [2.75, 3.05) is 11.0 Å². The zero-order valence-corrected chi connectivity index (χ0v) is 18.2. The van der Waals surface area contributed by atoms with E-state index < -0.39 is 25.7 Å². The van der Waals surface area contributed by atoms with Crippen LogP contribution in [0.2, 0.25) is 0 Å². The minimum absolute atomic E-state index is 0.0122. The van der Waals surface area contributed by atoms with E-state index in [1.807, 2.05) is 0 Å². The Labute approximate surface area is 176 Å². The molecule has 4 aromatic rings. The van der Waals surface area contributed by atoms with E-state index in [9.17, 15) is 21.2 Å². The summed E-state index contributed by atoms with van der Waals surface area (Å²) < 4.78 is 72.5. The van der Waals surface area contributed by atoms with Crippen molar-refractivity contribution in [1.29, 1.82) is 0 Å². The number of nitrogens with one attached hydrogen (secondary N) is 1. The summed E-state index contributed by atoms with van der Waals surface area (Å²) in [6, 6.07) is 8.24. The first kappa shape index (κ1) is 20.5. The second-order valence-corrected chi connectivity index (χ2v) is 11.5. The number of nitrogens with zero attached hydrogens (tertiary/aromatic N) is 1. The van der Waals surface area contributed by atoms with Gasteiger partial charge in [0.25, 0.3) is 10.0 Å². The van der Waals surface area contributed by atoms with Gasteiger partial charge in [0, 0.05) is 16.5 Å². The number of sulfonamides is 1. The molecule has 0 saturated carbocycles. The van der Waals surface area contributed by atoms with E-state index in [4.69, 9.17) is 4.42 Å². The van der Waals surface area contributed by atoms with Crippen LogP contribution in [-0.4, -0.2) is 28.1 Å². The highest BCUT2D eigenvalue weighted by Crippen LogP contribution is 2.36. The molecule has 0 atom stereocenters. The van der Waals surface area contributed by atoms with Crippen molar-refractivity contribution in [3.8, 4) is 11.3 Å². The topological polar surface area (TPSA) is 106 Å². The second kappa shape index (κ2) is 7.18. The Morgan fingerprint density at radius 1 is 1.10 bits per heavy atom. The molecule has 1 N–H and O–H groups in total. The van der Waals surface area contributed by atoms with Crippen molar-refractivity contribution >= 4 is 47.0 Å². The lowest BCUT2D eigenvalue weighted by Crippen LogP contribution is -2.15. The van der Waals surface area contributed by atoms with Crippen LogP contribution in [-0.2, 0) is 19.9 Å². The van der Waals surface area contributed by atoms with E-state index in [2.05, 4.69) is 9.71 Å². The summed E-state index contributed by atoms with van der Waals surface area (Å²) in [6.07, 6.45) is 3.61. The standard InChI is InChI=1S/C19H15FN2O5S3/c1-11-14-8-13(20)4-6-17(14)28-19(11)30(25,26)22-15-5-3-12(16-9-21-10-27-16)7-18(15)29(2,23)24/h3-10,22H,1-2H3. The lowest BCUT2D eigenvalue weighted by Gasteiger charge is -2.12. The molecule has 11 heteroatoms. The average Bonchev–Trinajstić information content (AvgIpc) is 3.30. The highest BCUT2D eigenvalue weighted by molar-refractivity contribution is 7.95. The molecule has 2 aromatic carbocycles. The summed E-state index contributed by atoms with van der Waals surface area (Å²) in [6.45, 7) is 1.58. The van der Waals surface area contributed by atoms with Gasteiger partial charge >= 0.3 is 0 Å². The first-order valence-corrected chi connectivity index (χ1v) is 12.7. The molecule has 0 spiro atoms. The number of anilines is 1. The quantitative estimate of drug-likeness (QED) is 0.472. The molecule has 0 saturated heterocycles. The maximum atomic E-state index is 13.6. The zero-order chi connectivity index (χ0) is 21.7. The Balaban J connectivity index is 1.81. The SMILES string of the molecule is Cc1c(S(=O)(=O)Nc2ccc(-c3cnco3)cc2S(C)(=O)=O)sc2ccc(F)cc12. The van der Waals surface area contributed by atoms with Gasteiger partial charge in [-0.2, -0.15) is 0 Å². The van der Waals surface area contributed by atoms with E-state index in [0.717, 1.165) is 17.6 Å². The number of sulfone groups is 1. The Hall–Kier alpha value is -2.76. The van der Waals surface area contributed by atoms with Gasteiger partial charge in [-0.25, -0.2) is 26.2 Å². The fourth-order valence-corrected chi connectivity index (χ4v) is 6.79. The number of aromatic nitrogens is 1. The third-order valence-corrected chi connectivity index (χ3v) is 8.84. The van der Waals surface area contributed by atoms with E-state index in [-0.39, 0.29) is 14.8 Å². The van der Waals surface area contributed by atoms with Crippen molar-refractivity contribution < 1.29 is 25.6 Å². The number of hydrogen-bond donors (Lipinski definition) is 1. The molecular weight excluding hydrogens is 451 g/mol. The molecule has 0 bridgehead atoms. The molecule has 2 heterocycles. The number of hydrogen-bond acceptors (Lipinski definition) is 7. The Kier molecular flexibility index (Phi) is 4.91. The minimum Gasteiger partial charge on any atom is -0.444 e. The van der Waals surface area contributed by atoms with E-state index in [1.165, 1.54) is 49.0 Å². The van der Waals surface area contributed by atoms with Crippen LogP contribution in [0.4, 0.5) is 10.1 Å². The van der Waals surface area contributed by atoms with Crippen LogP contribution < -0.4 is 4.72 Å². The highest BCUT2D eigenvalue weighted by Gasteiger charge is 2.25. The number of benzene rings is 2. The van der Waals surface area contributed by atoms with Gasteiger partial charge in [0.15, 0.2) is 22.0 Å². The van der Waals surface area contributed by atoms with Gasteiger partial charge in [-0.05, 0) is 54.3 Å². The number of aryl methyl sites for hydroxylation is 1. The van der Waals surface area contributed by atoms with Gasteiger partial charge in [0.2, 0.25) is 0 Å². The summed E-state index contributed by atoms with van der Waals surface area (Å²) >= 11 is 0.983. The van der Waals surface area contributed by atoms with Crippen LogP contribution in [0.1, 0.15) is 5.56 Å². The number of oxazole rings is 1. The summed E-state index contributed by atoms with van der Waals surface area (Å²) in [5.74, 6) is -0.126. The predicted molar refractivity (Wildman–Crippen MR) is 112 cm³/mol. The summed E-state index contributed by atoms with van der Waals surface area (Å²) in [5, 5.41) is 0.490. The monoisotopic (exact) mass is 466 g/mol. The van der Waals surface area contributed by atoms with Gasteiger partial charge in [0.05, 0.1) is 16.8 Å². The highest BCUT2D eigenvalue weighted by atomic mass is 32.2. The number of fused-ring (bicyclic) bond motifs is 1. The van der Waals surface area contributed by atoms with Crippen molar-refractivity contribution in [3.05, 3.63) is 60.4 Å². The Bertz CT molecular complexity index is 1470. The summed E-state index contributed by atoms with van der Waals surface area (Å²) in [7, 11) is -7.90. The lowest BCUT2D eigenvalue weighted by atomic mass is 10.2. The normalized spacial score (nSPS) is 12.4. The van der Waals surface area contributed by atoms with Crippen LogP contribution in [0.25, 0.3) is 21.4 Å². The second-order valence-electron chi connectivity index (χ2n) is 6.61. The minimum atomic E-state index is -4.12. The molecule has 0 aliphatic rings. The maximum Gasteiger partial charge on any atom is 0.271 e. The van der Waals surface area contributed by atoms with Gasteiger partial charge in [0.1, 0.15) is 10.0 Å². The van der Waals surface area contributed by atoms with Crippen molar-refractivity contribution in [3.63, 3.8) is 0 Å². The fraction of sp³-hybridized carbons (Fsp3) is 0.105. The van der Waals surface area contributed by atoms with Crippen molar-refractivity contribution in [2.45, 2.75) is 16.0 Å². The molecule has 2 aromatic heterocycles. The number of thiophene rings is 1. The van der Waals surface area contributed by atoms with Crippen LogP contribution in [0.5, 0.6) is 0 Å². The van der Waals surface area contributed by atoms with Crippen molar-refractivity contribution in [2.24, 2.45) is 0 Å². The molecule has 30 heavy (non-hydrogen) atoms. The average molecular weight is 467 g/mol. The first-order valence-electron chi connectivity index (χ1n) is 8.51. The zero-order valence-electron chi connectivity index (χ0n) is 15.7. The maximum absolute atomic E-state index is 13.6. The smallest absolute Gasteiger partial charge is 0.271 e. The fourth-order valence-electron chi connectivity index (χ4n) is 3.04. The third kappa shape index (κ3) is 3.71. The summed E-state index contributed by atoms with van der Waals surface area (Å²) in [4.78, 5) is 3.59. The van der Waals surface area contributed by atoms with E-state index in [0.29, 0.717) is 27.0 Å². The number of halogens is 1. The Morgan fingerprint density at radius 3 is 2.53 bits per heavy atom. The van der Waals surface area contributed by atoms with E-state index >= 15 is 0 Å². The molecule has 0 amide bonds. The molecule has 4 rings (SSSR count). The first-order chi connectivity index (χ1) is 14.1. The molecule has 0 unspecified atom stereocenters. The summed E-state index contributed by atoms with van der Waals surface area (Å²) in [5.41, 5.74) is 0.731. The van der Waals surface area contributed by atoms with Crippen LogP contribution in [0.15, 0.2) is 62.5 Å². The molecule has 0 fully saturated rings. The molecule has 0 aliphatic heterocycles. The number of rotatable bonds is 5. The van der Waals surface area contributed by atoms with Gasteiger partial charge in [-0.1, -0.05) is 0 Å². The molecule has 7 nitrogen and oxygen atoms in total. The molecule has 0 radical (unpaired) electrons. The van der Waals surface area contributed by atoms with Gasteiger partial charge in [-0.3, -0.25) is 4.72 Å². The van der Waals surface area contributed by atoms with E-state index in [1.54, 1.807) is 6.92 Å². The molecular formula is C19H15FN2O5S3. The third-order valence-electron chi connectivity index (χ3n) is 4.44. The largest absolute Gasteiger partial charge is 0.444 e. The van der Waals surface area contributed by atoms with Crippen LogP contribution in [0, 0.1) is 12.7 Å². The van der Waals surface area contributed by atoms with Gasteiger partial charge in [-0.15, -0.1) is 11.3 Å². The van der Waals surface area contributed by atoms with Crippen LogP contribution >= 0.6 is 11.3 Å². The van der Waals surface area contributed by atoms with Crippen LogP contribution in [0.3, 0.4) is 0 Å². The van der Waals surface area contributed by atoms with Crippen molar-refractivity contribution in [1.82, 2.24) is 4.98 Å². The Morgan fingerprint density at radius 2 is 1.87 bits per heavy atom. The molecule has 0 aliphatic carbocycles. The molecule has 156 valence electrons.